The van der Waals surface area contributed by atoms with Gasteiger partial charge in [-0.05, 0) is 94.3 Å². The number of benzene rings is 2. The second-order valence-electron chi connectivity index (χ2n) is 17.4. The number of hydrogen-bond donors (Lipinski definition) is 4. The lowest BCUT2D eigenvalue weighted by Gasteiger charge is -2.30. The molecule has 2 aliphatic heterocycles. The molecule has 2 aromatic carbocycles. The number of carbonyl (C=O) groups is 2. The maximum Gasteiger partial charge on any atom is 0.322 e. The van der Waals surface area contributed by atoms with Crippen LogP contribution >= 0.6 is 11.6 Å². The maximum atomic E-state index is 12.9. The summed E-state index contributed by atoms with van der Waals surface area (Å²) < 4.78 is 70.3. The Morgan fingerprint density at radius 1 is 0.862 bits per heavy atom. The van der Waals surface area contributed by atoms with Crippen LogP contribution in [0.25, 0.3) is 0 Å². The number of carboxylic acids is 1. The molecule has 1 aromatic heterocycles. The fourth-order valence-electron chi connectivity index (χ4n) is 8.78. The van der Waals surface area contributed by atoms with Gasteiger partial charge < -0.3 is 15.3 Å². The number of aryl methyl sites for hydroxylation is 1. The molecule has 15 nitrogen and oxygen atoms in total. The summed E-state index contributed by atoms with van der Waals surface area (Å²) in [6.45, 7) is 9.43. The summed E-state index contributed by atoms with van der Waals surface area (Å²) in [4.78, 5) is 37.6. The van der Waals surface area contributed by atoms with E-state index in [9.17, 15) is 35.5 Å². The zero-order chi connectivity index (χ0) is 47.4. The molecule has 1 atom stereocenters. The van der Waals surface area contributed by atoms with Crippen LogP contribution in [0.3, 0.4) is 0 Å². The highest BCUT2D eigenvalue weighted by molar-refractivity contribution is 7.86. The third kappa shape index (κ3) is 13.9. The topological polar surface area (TPSA) is 220 Å². The van der Waals surface area contributed by atoms with Gasteiger partial charge in [0, 0.05) is 66.7 Å². The molecule has 0 aliphatic carbocycles. The van der Waals surface area contributed by atoms with E-state index in [1.165, 1.54) is 29.1 Å². The standard InChI is InChI=1S/C47H61ClN6O9S2/c1-5-6-29-53-38-22-16-15-21-36(38)46(2,3)40(53)23-12-8-13-24-41-47(4,37-32-35(65(61,62)63)26-27-39(37)54(41)30-18-31-64(58,59)60)28-17-9-11-20-34(55)19-10-7-14-25-42-50-44(48)52-45(51-42)49-33-43(56)57/h8,12-13,15-16,21-24,26-27,32H,5-7,9-11,14,17-20,25,28-31,33H2,1-4H3,(H3-,49,50,51,52,56,57,58,59,60,61,62,63)/p+1. The number of Topliss-reactive ketones (excluding diaryl/α,β-unsaturated/α-hetero) is 1. The Labute approximate surface area is 388 Å². The van der Waals surface area contributed by atoms with Gasteiger partial charge in [-0.15, -0.1) is 0 Å². The van der Waals surface area contributed by atoms with Gasteiger partial charge in [0.05, 0.1) is 16.1 Å². The van der Waals surface area contributed by atoms with E-state index in [4.69, 9.17) is 16.7 Å². The van der Waals surface area contributed by atoms with Crippen LogP contribution in [0.2, 0.25) is 5.28 Å². The molecule has 352 valence electrons. The minimum atomic E-state index is -4.54. The normalized spacial score (nSPS) is 17.7. The van der Waals surface area contributed by atoms with Gasteiger partial charge in [-0.2, -0.15) is 31.4 Å². The van der Waals surface area contributed by atoms with Crippen molar-refractivity contribution < 1.29 is 45.2 Å². The second kappa shape index (κ2) is 22.6. The van der Waals surface area contributed by atoms with Crippen molar-refractivity contribution in [3.05, 3.63) is 101 Å². The molecule has 0 bridgehead atoms. The number of fused-ring (bicyclic) bond motifs is 2. The quantitative estimate of drug-likeness (QED) is 0.0256. The predicted molar refractivity (Wildman–Crippen MR) is 254 cm³/mol. The average molecular weight is 955 g/mol. The number of nitrogens with zero attached hydrogens (tertiary/aromatic N) is 5. The first kappa shape index (κ1) is 51.2. The summed E-state index contributed by atoms with van der Waals surface area (Å²) in [6.07, 6.45) is 18.4. The lowest BCUT2D eigenvalue weighted by molar-refractivity contribution is -0.438. The molecular formula is C47H62ClN6O9S2+. The molecule has 3 heterocycles. The summed E-state index contributed by atoms with van der Waals surface area (Å²) in [5, 5.41) is 11.4. The van der Waals surface area contributed by atoms with Crippen molar-refractivity contribution in [2.45, 2.75) is 127 Å². The first-order valence-electron chi connectivity index (χ1n) is 22.3. The van der Waals surface area contributed by atoms with Gasteiger partial charge in [-0.3, -0.25) is 18.7 Å². The van der Waals surface area contributed by atoms with Crippen molar-refractivity contribution >= 4 is 66.6 Å². The molecule has 0 spiro atoms. The lowest BCUT2D eigenvalue weighted by atomic mass is 9.77. The highest BCUT2D eigenvalue weighted by Crippen LogP contribution is 2.51. The number of aliphatic carboxylic acids is 1. The first-order chi connectivity index (χ1) is 30.7. The number of para-hydroxylation sites is 1. The van der Waals surface area contributed by atoms with Crippen molar-refractivity contribution in [2.75, 3.05) is 35.6 Å². The van der Waals surface area contributed by atoms with Crippen molar-refractivity contribution in [2.24, 2.45) is 0 Å². The molecule has 2 aliphatic rings. The van der Waals surface area contributed by atoms with E-state index in [1.807, 2.05) is 36.1 Å². The van der Waals surface area contributed by atoms with Gasteiger partial charge in [-0.1, -0.05) is 69.0 Å². The summed E-state index contributed by atoms with van der Waals surface area (Å²) in [5.41, 5.74) is 4.88. The van der Waals surface area contributed by atoms with Crippen LogP contribution in [0.1, 0.15) is 122 Å². The Balaban J connectivity index is 1.28. The van der Waals surface area contributed by atoms with Crippen LogP contribution in [0.5, 0.6) is 0 Å². The first-order valence-corrected chi connectivity index (χ1v) is 25.7. The molecule has 0 saturated heterocycles. The molecule has 1 unspecified atom stereocenters. The van der Waals surface area contributed by atoms with Gasteiger partial charge in [0.25, 0.3) is 20.2 Å². The fraction of sp³-hybridized carbons (Fsp3) is 0.489. The molecular weight excluding hydrogens is 892 g/mol. The Morgan fingerprint density at radius 2 is 1.58 bits per heavy atom. The van der Waals surface area contributed by atoms with Gasteiger partial charge in [-0.25, -0.2) is 4.98 Å². The number of carboxylic acid groups (broad SMARTS) is 1. The van der Waals surface area contributed by atoms with E-state index in [-0.39, 0.29) is 46.8 Å². The van der Waals surface area contributed by atoms with E-state index >= 15 is 0 Å². The van der Waals surface area contributed by atoms with Crippen LogP contribution in [0.15, 0.2) is 83.4 Å². The molecule has 65 heavy (non-hydrogen) atoms. The van der Waals surface area contributed by atoms with Crippen LogP contribution in [0.4, 0.5) is 17.3 Å². The van der Waals surface area contributed by atoms with Crippen LogP contribution in [-0.4, -0.2) is 93.4 Å². The van der Waals surface area contributed by atoms with Crippen molar-refractivity contribution in [1.82, 2.24) is 15.0 Å². The van der Waals surface area contributed by atoms with E-state index in [1.54, 1.807) is 6.07 Å². The van der Waals surface area contributed by atoms with Crippen molar-refractivity contribution in [3.8, 4) is 0 Å². The molecule has 0 saturated carbocycles. The summed E-state index contributed by atoms with van der Waals surface area (Å²) in [5.74, 6) is -0.823. The smallest absolute Gasteiger partial charge is 0.322 e. The number of aromatic nitrogens is 3. The maximum absolute atomic E-state index is 12.9. The molecule has 3 aromatic rings. The number of nitrogens with one attached hydrogen (secondary N) is 1. The van der Waals surface area contributed by atoms with Crippen LogP contribution in [-0.2, 0) is 47.1 Å². The zero-order valence-electron chi connectivity index (χ0n) is 37.7. The Kier molecular flexibility index (Phi) is 17.8. The largest absolute Gasteiger partial charge is 0.480 e. The fourth-order valence-corrected chi connectivity index (χ4v) is 9.96. The van der Waals surface area contributed by atoms with Crippen LogP contribution in [0, 0.1) is 0 Å². The minimum Gasteiger partial charge on any atom is -0.480 e. The van der Waals surface area contributed by atoms with E-state index in [2.05, 4.69) is 76.0 Å². The molecule has 0 amide bonds. The number of rotatable bonds is 26. The number of anilines is 2. The number of halogens is 1. The molecule has 18 heteroatoms. The number of ketones is 1. The van der Waals surface area contributed by atoms with Gasteiger partial charge in [0.2, 0.25) is 16.9 Å². The minimum absolute atomic E-state index is 0.0311. The average Bonchev–Trinajstić information content (AvgIpc) is 3.59. The molecule has 5 rings (SSSR count). The van der Waals surface area contributed by atoms with Crippen LogP contribution < -0.4 is 10.2 Å². The third-order valence-electron chi connectivity index (χ3n) is 12.1. The number of hydrogen-bond acceptors (Lipinski definition) is 11. The van der Waals surface area contributed by atoms with Gasteiger partial charge in [0.15, 0.2) is 5.71 Å². The Hall–Kier alpha value is -4.81. The second-order valence-corrected chi connectivity index (χ2v) is 20.7. The number of unbranched alkanes of at least 4 members (excludes halogenated alkanes) is 5. The Bertz CT molecular complexity index is 2560. The van der Waals surface area contributed by atoms with Crippen molar-refractivity contribution in [1.29, 1.82) is 0 Å². The van der Waals surface area contributed by atoms with Gasteiger partial charge in [0.1, 0.15) is 24.7 Å². The molecule has 4 N–H and O–H groups in total. The van der Waals surface area contributed by atoms with Crippen molar-refractivity contribution in [3.63, 3.8) is 0 Å². The van der Waals surface area contributed by atoms with E-state index in [0.717, 1.165) is 37.9 Å². The van der Waals surface area contributed by atoms with Gasteiger partial charge >= 0.3 is 5.97 Å². The monoisotopic (exact) mass is 953 g/mol. The number of allylic oxidation sites excluding steroid dienone is 6. The summed E-state index contributed by atoms with van der Waals surface area (Å²) in [6, 6.07) is 12.9. The molecule has 0 fully saturated rings. The Morgan fingerprint density at radius 3 is 2.28 bits per heavy atom. The number of carbonyl (C=O) groups excluding carboxylic acids is 1. The lowest BCUT2D eigenvalue weighted by Crippen LogP contribution is -2.30. The highest BCUT2D eigenvalue weighted by Gasteiger charge is 2.45. The van der Waals surface area contributed by atoms with E-state index in [0.29, 0.717) is 68.4 Å². The SMILES string of the molecule is CCCC[N+]1=C(/C=C/C=C/C=C2/N(CCCS(=O)(=O)O)c3ccc(S(=O)(=O)O)cc3C2(C)CCCCCC(=O)CCCCCc2nc(Cl)nc(NCC(=O)O)n2)C(C)(C)c2ccccc21. The summed E-state index contributed by atoms with van der Waals surface area (Å²) >= 11 is 5.97. The highest BCUT2D eigenvalue weighted by atomic mass is 35.5. The zero-order valence-corrected chi connectivity index (χ0v) is 40.1. The summed E-state index contributed by atoms with van der Waals surface area (Å²) in [7, 11) is -8.78. The van der Waals surface area contributed by atoms with E-state index < -0.39 is 37.4 Å². The third-order valence-corrected chi connectivity index (χ3v) is 13.9. The molecule has 0 radical (unpaired) electrons. The predicted octanol–water partition coefficient (Wildman–Crippen LogP) is 8.82.